The molecule has 0 rings (SSSR count). The van der Waals surface area contributed by atoms with Crippen molar-refractivity contribution in [2.45, 2.75) is 58.6 Å². The minimum atomic E-state index is -0.272. The first-order valence-electron chi connectivity index (χ1n) is 6.01. The summed E-state index contributed by atoms with van der Waals surface area (Å²) in [5.41, 5.74) is 2.06. The van der Waals surface area contributed by atoms with Gasteiger partial charge in [0.2, 0.25) is 0 Å². The van der Waals surface area contributed by atoms with Gasteiger partial charge >= 0.3 is 0 Å². The number of nitrogens with one attached hydrogen (secondary N) is 1. The number of hydrogen-bond acceptors (Lipinski definition) is 3. The molecule has 102 valence electrons. The van der Waals surface area contributed by atoms with Crippen molar-refractivity contribution < 1.29 is 14.9 Å². The molecule has 0 bridgehead atoms. The molecule has 0 saturated carbocycles. The van der Waals surface area contributed by atoms with Crippen molar-refractivity contribution in [3.8, 4) is 0 Å². The van der Waals surface area contributed by atoms with E-state index in [4.69, 9.17) is 9.94 Å². The normalized spacial score (nSPS) is 13.3. The largest absolute Gasteiger partial charge is 0.393 e. The lowest BCUT2D eigenvalue weighted by atomic mass is 10.1. The van der Waals surface area contributed by atoms with Crippen LogP contribution in [0.15, 0.2) is 0 Å². The van der Waals surface area contributed by atoms with Crippen LogP contribution in [0.1, 0.15) is 47.0 Å². The van der Waals surface area contributed by atoms with E-state index in [1.54, 1.807) is 14.0 Å². The maximum Gasteiger partial charge on any atom is 0.274 e. The Hall–Kier alpha value is -0.880. The Morgan fingerprint density at radius 3 is 2.47 bits per heavy atom. The van der Waals surface area contributed by atoms with Crippen LogP contribution < -0.4 is 5.59 Å². The molecule has 1 atom stereocenters. The monoisotopic (exact) mass is 248 g/mol. The van der Waals surface area contributed by atoms with Crippen LogP contribution in [-0.2, 0) is 4.84 Å². The summed E-state index contributed by atoms with van der Waals surface area (Å²) in [6.45, 7) is 8.01. The van der Waals surface area contributed by atoms with Crippen molar-refractivity contribution in [3.05, 3.63) is 4.91 Å². The maximum absolute atomic E-state index is 11.5. The summed E-state index contributed by atoms with van der Waals surface area (Å²) in [4.78, 5) is 17.1. The quantitative estimate of drug-likeness (QED) is 0.386. The molecule has 0 aliphatic heterocycles. The molecular formula is C11H26N3O3+. The second-order valence-electron chi connectivity index (χ2n) is 5.25. The number of rotatable bonds is 8. The van der Waals surface area contributed by atoms with E-state index in [9.17, 15) is 4.91 Å². The fourth-order valence-electron chi connectivity index (χ4n) is 1.05. The Morgan fingerprint density at radius 2 is 2.00 bits per heavy atom. The molecule has 2 N–H and O–H groups in total. The van der Waals surface area contributed by atoms with Crippen molar-refractivity contribution in [2.75, 3.05) is 13.7 Å². The Bertz CT molecular complexity index is 226. The first kappa shape index (κ1) is 16.1. The molecule has 0 unspecified atom stereocenters. The van der Waals surface area contributed by atoms with E-state index in [0.717, 1.165) is 19.3 Å². The maximum atomic E-state index is 11.5. The van der Waals surface area contributed by atoms with Crippen molar-refractivity contribution >= 4 is 0 Å². The molecule has 6 nitrogen and oxygen atoms in total. The van der Waals surface area contributed by atoms with E-state index in [0.29, 0.717) is 11.6 Å². The van der Waals surface area contributed by atoms with Crippen molar-refractivity contribution in [3.63, 3.8) is 0 Å². The van der Waals surface area contributed by atoms with E-state index >= 15 is 0 Å². The van der Waals surface area contributed by atoms with Gasteiger partial charge < -0.3 is 5.11 Å². The summed E-state index contributed by atoms with van der Waals surface area (Å²) in [7, 11) is 1.69. The van der Waals surface area contributed by atoms with Gasteiger partial charge in [-0.25, -0.2) is 4.84 Å². The summed E-state index contributed by atoms with van der Waals surface area (Å²) in [6, 6.07) is 0. The summed E-state index contributed by atoms with van der Waals surface area (Å²) < 4.78 is 0. The van der Waals surface area contributed by atoms with E-state index in [2.05, 4.69) is 5.59 Å². The zero-order valence-electron chi connectivity index (χ0n) is 11.6. The average Bonchev–Trinajstić information content (AvgIpc) is 2.19. The average molecular weight is 248 g/mol. The highest BCUT2D eigenvalue weighted by atomic mass is 16.7. The van der Waals surface area contributed by atoms with Crippen LogP contribution in [0.4, 0.5) is 0 Å². The van der Waals surface area contributed by atoms with E-state index in [1.807, 2.05) is 20.8 Å². The molecule has 0 spiro atoms. The Kier molecular flexibility index (Phi) is 7.06. The van der Waals surface area contributed by atoms with Crippen LogP contribution in [0.25, 0.3) is 0 Å². The van der Waals surface area contributed by atoms with Crippen molar-refractivity contribution in [2.24, 2.45) is 0 Å². The number of aliphatic hydroxyl groups is 1. The number of aliphatic hydroxyl groups excluding tert-OH is 1. The van der Waals surface area contributed by atoms with Gasteiger partial charge in [-0.05, 0) is 47.0 Å². The highest BCUT2D eigenvalue weighted by Gasteiger charge is 2.29. The van der Waals surface area contributed by atoms with Crippen LogP contribution in [0.3, 0.4) is 0 Å². The molecule has 0 aromatic carbocycles. The van der Waals surface area contributed by atoms with Gasteiger partial charge in [0.15, 0.2) is 0 Å². The highest BCUT2D eigenvalue weighted by molar-refractivity contribution is 4.64. The minimum absolute atomic E-state index is 0.259. The Balaban J connectivity index is 3.59. The molecule has 0 fully saturated rings. The predicted octanol–water partition coefficient (Wildman–Crippen LogP) is 1.40. The fourth-order valence-corrected chi connectivity index (χ4v) is 1.05. The van der Waals surface area contributed by atoms with E-state index in [-0.39, 0.29) is 11.6 Å². The first-order valence-corrected chi connectivity index (χ1v) is 6.01. The third kappa shape index (κ3) is 7.93. The van der Waals surface area contributed by atoms with Gasteiger partial charge in [-0.1, -0.05) is 0 Å². The fraction of sp³-hybridized carbons (Fsp3) is 1.00. The van der Waals surface area contributed by atoms with Crippen LogP contribution in [0, 0.1) is 4.91 Å². The second-order valence-corrected chi connectivity index (χ2v) is 5.25. The Labute approximate surface area is 103 Å². The smallest absolute Gasteiger partial charge is 0.274 e. The van der Waals surface area contributed by atoms with Gasteiger partial charge in [-0.2, -0.15) is 0 Å². The molecular weight excluding hydrogens is 222 g/mol. The zero-order valence-corrected chi connectivity index (χ0v) is 11.6. The van der Waals surface area contributed by atoms with Crippen LogP contribution in [-0.4, -0.2) is 40.4 Å². The molecule has 0 aromatic rings. The molecule has 0 heterocycles. The number of nitrogens with zero attached hydrogens (tertiary/aromatic N) is 2. The standard InChI is InChI=1S/C11H26N3O3/c1-10(15)8-6-7-9-17-12-14(16)13(5)11(2,3)4/h10,15H,6-9H2,1-5H3,(H,12,16)/q+1/t10-/m1/s1. The molecule has 0 saturated heterocycles. The predicted molar refractivity (Wildman–Crippen MR) is 65.8 cm³/mol. The third-order valence-electron chi connectivity index (χ3n) is 2.50. The molecule has 6 heteroatoms. The number of hydrazine groups is 2. The molecule has 17 heavy (non-hydrogen) atoms. The van der Waals surface area contributed by atoms with Gasteiger partial charge in [-0.3, -0.25) is 0 Å². The SMILES string of the molecule is C[C@@H](O)CCCCON[N+](=O)N(C)C(C)(C)C. The second kappa shape index (κ2) is 7.45. The van der Waals surface area contributed by atoms with Crippen molar-refractivity contribution in [1.29, 1.82) is 0 Å². The molecule has 0 aliphatic carbocycles. The molecule has 0 radical (unpaired) electrons. The molecule has 0 aromatic heterocycles. The van der Waals surface area contributed by atoms with Gasteiger partial charge in [0, 0.05) is 5.59 Å². The first-order chi connectivity index (χ1) is 7.75. The van der Waals surface area contributed by atoms with Gasteiger partial charge in [0.1, 0.15) is 0 Å². The zero-order chi connectivity index (χ0) is 13.5. The lowest BCUT2D eigenvalue weighted by Crippen LogP contribution is -2.49. The van der Waals surface area contributed by atoms with Gasteiger partial charge in [0.25, 0.3) is 4.98 Å². The topological polar surface area (TPSA) is 64.8 Å². The third-order valence-corrected chi connectivity index (χ3v) is 2.50. The summed E-state index contributed by atoms with van der Waals surface area (Å²) in [6.07, 6.45) is 2.18. The Morgan fingerprint density at radius 1 is 1.41 bits per heavy atom. The van der Waals surface area contributed by atoms with Crippen molar-refractivity contribution in [1.82, 2.24) is 10.6 Å². The van der Waals surface area contributed by atoms with Crippen LogP contribution in [0.2, 0.25) is 0 Å². The highest BCUT2D eigenvalue weighted by Crippen LogP contribution is 2.08. The molecule has 0 aliphatic rings. The lowest BCUT2D eigenvalue weighted by Gasteiger charge is -2.22. The van der Waals surface area contributed by atoms with Crippen LogP contribution >= 0.6 is 0 Å². The summed E-state index contributed by atoms with van der Waals surface area (Å²) in [5, 5.41) is 10.5. The number of nitroso groups, excluding NO2 is 1. The number of unbranched alkanes of at least 4 members (excludes halogenated alkanes) is 1. The summed E-state index contributed by atoms with van der Waals surface area (Å²) in [5.74, 6) is 0. The number of hydrogen-bond donors (Lipinski definition) is 2. The van der Waals surface area contributed by atoms with Gasteiger partial charge in [-0.15, -0.1) is 5.01 Å². The van der Waals surface area contributed by atoms with Gasteiger partial charge in [0.05, 0.1) is 30.2 Å². The molecule has 0 amide bonds. The lowest BCUT2D eigenvalue weighted by molar-refractivity contribution is -0.795. The van der Waals surface area contributed by atoms with E-state index < -0.39 is 0 Å². The minimum Gasteiger partial charge on any atom is -0.393 e. The van der Waals surface area contributed by atoms with Crippen LogP contribution in [0.5, 0.6) is 0 Å². The summed E-state index contributed by atoms with van der Waals surface area (Å²) >= 11 is 0. The van der Waals surface area contributed by atoms with E-state index in [1.165, 1.54) is 5.01 Å².